The number of hydrogen-bond acceptors (Lipinski definition) is 4. The highest BCUT2D eigenvalue weighted by molar-refractivity contribution is 7.13. The molecule has 1 N–H and O–H groups in total. The molecular formula is C15H11N3OS. The van der Waals surface area contributed by atoms with Crippen molar-refractivity contribution in [1.82, 2.24) is 4.98 Å². The molecule has 20 heavy (non-hydrogen) atoms. The van der Waals surface area contributed by atoms with Gasteiger partial charge in [-0.15, -0.1) is 11.3 Å². The van der Waals surface area contributed by atoms with E-state index in [1.54, 1.807) is 17.7 Å². The van der Waals surface area contributed by atoms with Gasteiger partial charge in [0, 0.05) is 11.6 Å². The van der Waals surface area contributed by atoms with Crippen LogP contribution in [0.15, 0.2) is 59.6 Å². The molecular weight excluding hydrogens is 270 g/mol. The van der Waals surface area contributed by atoms with Gasteiger partial charge in [0.1, 0.15) is 11.6 Å². The molecule has 0 saturated carbocycles. The monoisotopic (exact) mass is 281 g/mol. The van der Waals surface area contributed by atoms with Gasteiger partial charge in [0.2, 0.25) is 0 Å². The molecule has 0 saturated heterocycles. The number of nitrogens with one attached hydrogen (secondary N) is 1. The van der Waals surface area contributed by atoms with Gasteiger partial charge in [0.15, 0.2) is 5.13 Å². The van der Waals surface area contributed by atoms with Crippen molar-refractivity contribution in [2.75, 3.05) is 5.32 Å². The zero-order chi connectivity index (χ0) is 14.2. The molecule has 98 valence electrons. The summed E-state index contributed by atoms with van der Waals surface area (Å²) in [5.41, 5.74) is 1.04. The maximum Gasteiger partial charge on any atom is 0.268 e. The van der Waals surface area contributed by atoms with Gasteiger partial charge in [0.05, 0.1) is 0 Å². The lowest BCUT2D eigenvalue weighted by Crippen LogP contribution is -2.13. The first kappa shape index (κ1) is 13.7. The van der Waals surface area contributed by atoms with Gasteiger partial charge >= 0.3 is 0 Å². The van der Waals surface area contributed by atoms with E-state index < -0.39 is 5.91 Å². The molecule has 0 fully saturated rings. The largest absolute Gasteiger partial charge is 0.297 e. The van der Waals surface area contributed by atoms with Crippen LogP contribution in [0.3, 0.4) is 0 Å². The van der Waals surface area contributed by atoms with E-state index in [2.05, 4.69) is 10.3 Å². The van der Waals surface area contributed by atoms with Gasteiger partial charge in [-0.05, 0) is 11.6 Å². The number of carbonyl (C=O) groups is 1. The van der Waals surface area contributed by atoms with Crippen molar-refractivity contribution in [3.05, 3.63) is 65.2 Å². The fraction of sp³-hybridized carbons (Fsp3) is 0. The molecule has 0 spiro atoms. The van der Waals surface area contributed by atoms with Crippen LogP contribution in [0.2, 0.25) is 0 Å². The average Bonchev–Trinajstić information content (AvgIpc) is 2.97. The number of benzene rings is 1. The Balaban J connectivity index is 2.04. The SMILES string of the molecule is N#C/C(=C\C=C\c1ccccc1)C(=O)Nc1nccs1. The van der Waals surface area contributed by atoms with E-state index in [9.17, 15) is 4.79 Å². The molecule has 0 aliphatic rings. The quantitative estimate of drug-likeness (QED) is 0.531. The fourth-order valence-electron chi connectivity index (χ4n) is 1.43. The number of nitrogens with zero attached hydrogens (tertiary/aromatic N) is 2. The van der Waals surface area contributed by atoms with Crippen molar-refractivity contribution in [1.29, 1.82) is 5.26 Å². The number of allylic oxidation sites excluding steroid dienone is 2. The second kappa shape index (κ2) is 7.02. The highest BCUT2D eigenvalue weighted by Crippen LogP contribution is 2.11. The lowest BCUT2D eigenvalue weighted by atomic mass is 10.2. The van der Waals surface area contributed by atoms with Crippen LogP contribution in [0.4, 0.5) is 5.13 Å². The smallest absolute Gasteiger partial charge is 0.268 e. The van der Waals surface area contributed by atoms with Crippen molar-refractivity contribution < 1.29 is 4.79 Å². The summed E-state index contributed by atoms with van der Waals surface area (Å²) in [6.45, 7) is 0. The van der Waals surface area contributed by atoms with Crippen molar-refractivity contribution >= 4 is 28.5 Å². The van der Waals surface area contributed by atoms with Crippen molar-refractivity contribution in [3.63, 3.8) is 0 Å². The van der Waals surface area contributed by atoms with Gasteiger partial charge in [-0.2, -0.15) is 5.26 Å². The van der Waals surface area contributed by atoms with Crippen LogP contribution in [0.5, 0.6) is 0 Å². The van der Waals surface area contributed by atoms with E-state index in [-0.39, 0.29) is 5.57 Å². The third kappa shape index (κ3) is 3.90. The number of thiazole rings is 1. The van der Waals surface area contributed by atoms with E-state index in [4.69, 9.17) is 5.26 Å². The van der Waals surface area contributed by atoms with E-state index in [0.29, 0.717) is 5.13 Å². The molecule has 1 heterocycles. The summed E-state index contributed by atoms with van der Waals surface area (Å²) in [5, 5.41) is 13.8. The summed E-state index contributed by atoms with van der Waals surface area (Å²) in [6.07, 6.45) is 6.57. The van der Waals surface area contributed by atoms with Crippen LogP contribution >= 0.6 is 11.3 Å². The Morgan fingerprint density at radius 1 is 1.35 bits per heavy atom. The van der Waals surface area contributed by atoms with Crippen LogP contribution in [0.1, 0.15) is 5.56 Å². The second-order valence-electron chi connectivity index (χ2n) is 3.75. The number of anilines is 1. The van der Waals surface area contributed by atoms with E-state index >= 15 is 0 Å². The summed E-state index contributed by atoms with van der Waals surface area (Å²) in [6, 6.07) is 11.5. The topological polar surface area (TPSA) is 65.8 Å². The highest BCUT2D eigenvalue weighted by Gasteiger charge is 2.09. The predicted molar refractivity (Wildman–Crippen MR) is 79.9 cm³/mol. The first-order chi connectivity index (χ1) is 9.79. The molecule has 1 aromatic carbocycles. The summed E-state index contributed by atoms with van der Waals surface area (Å²) < 4.78 is 0. The van der Waals surface area contributed by atoms with Crippen LogP contribution in [-0.4, -0.2) is 10.9 Å². The number of carbonyl (C=O) groups excluding carboxylic acids is 1. The predicted octanol–water partition coefficient (Wildman–Crippen LogP) is 3.24. The Morgan fingerprint density at radius 2 is 2.15 bits per heavy atom. The maximum atomic E-state index is 11.8. The minimum absolute atomic E-state index is 0.0346. The molecule has 4 nitrogen and oxygen atoms in total. The number of nitriles is 1. The lowest BCUT2D eigenvalue weighted by molar-refractivity contribution is -0.112. The molecule has 2 rings (SSSR count). The first-order valence-electron chi connectivity index (χ1n) is 5.84. The molecule has 0 unspecified atom stereocenters. The van der Waals surface area contributed by atoms with Gasteiger partial charge < -0.3 is 0 Å². The molecule has 0 bridgehead atoms. The molecule has 0 aliphatic heterocycles. The minimum atomic E-state index is -0.458. The lowest BCUT2D eigenvalue weighted by Gasteiger charge is -1.98. The average molecular weight is 281 g/mol. The Labute approximate surface area is 120 Å². The fourth-order valence-corrected chi connectivity index (χ4v) is 1.96. The number of hydrogen-bond donors (Lipinski definition) is 1. The Morgan fingerprint density at radius 3 is 2.80 bits per heavy atom. The molecule has 2 aromatic rings. The Kier molecular flexibility index (Phi) is 4.81. The van der Waals surface area contributed by atoms with Crippen molar-refractivity contribution in [3.8, 4) is 6.07 Å². The Hall–Kier alpha value is -2.71. The third-order valence-corrected chi connectivity index (χ3v) is 3.06. The van der Waals surface area contributed by atoms with E-state index in [1.165, 1.54) is 17.4 Å². The van der Waals surface area contributed by atoms with Crippen LogP contribution < -0.4 is 5.32 Å². The zero-order valence-corrected chi connectivity index (χ0v) is 11.3. The van der Waals surface area contributed by atoms with Crippen LogP contribution in [0, 0.1) is 11.3 Å². The zero-order valence-electron chi connectivity index (χ0n) is 10.5. The van der Waals surface area contributed by atoms with E-state index in [0.717, 1.165) is 5.56 Å². The normalized spacial score (nSPS) is 11.2. The van der Waals surface area contributed by atoms with Gasteiger partial charge in [-0.3, -0.25) is 10.1 Å². The van der Waals surface area contributed by atoms with Crippen LogP contribution in [0.25, 0.3) is 6.08 Å². The van der Waals surface area contributed by atoms with Crippen molar-refractivity contribution in [2.24, 2.45) is 0 Å². The standard InChI is InChI=1S/C15H11N3OS/c16-11-13(14(19)18-15-17-9-10-20-15)8-4-7-12-5-2-1-3-6-12/h1-10H,(H,17,18,19)/b7-4+,13-8+. The minimum Gasteiger partial charge on any atom is -0.297 e. The molecule has 5 heteroatoms. The molecule has 1 aromatic heterocycles. The number of rotatable bonds is 4. The number of aromatic nitrogens is 1. The molecule has 1 amide bonds. The molecule has 0 aliphatic carbocycles. The maximum absolute atomic E-state index is 11.8. The number of amides is 1. The Bertz CT molecular complexity index is 667. The highest BCUT2D eigenvalue weighted by atomic mass is 32.1. The van der Waals surface area contributed by atoms with Crippen LogP contribution in [-0.2, 0) is 4.79 Å². The molecule has 0 radical (unpaired) electrons. The first-order valence-corrected chi connectivity index (χ1v) is 6.72. The van der Waals surface area contributed by atoms with Gasteiger partial charge in [-0.1, -0.05) is 42.5 Å². The van der Waals surface area contributed by atoms with E-state index in [1.807, 2.05) is 42.5 Å². The van der Waals surface area contributed by atoms with Gasteiger partial charge in [-0.25, -0.2) is 4.98 Å². The van der Waals surface area contributed by atoms with Crippen molar-refractivity contribution in [2.45, 2.75) is 0 Å². The van der Waals surface area contributed by atoms with Gasteiger partial charge in [0.25, 0.3) is 5.91 Å². The second-order valence-corrected chi connectivity index (χ2v) is 4.65. The summed E-state index contributed by atoms with van der Waals surface area (Å²) in [5.74, 6) is -0.458. The summed E-state index contributed by atoms with van der Waals surface area (Å²) in [7, 11) is 0. The summed E-state index contributed by atoms with van der Waals surface area (Å²) in [4.78, 5) is 15.7. The molecule has 0 atom stereocenters. The third-order valence-electron chi connectivity index (χ3n) is 2.37. The summed E-state index contributed by atoms with van der Waals surface area (Å²) >= 11 is 1.30.